The van der Waals surface area contributed by atoms with Gasteiger partial charge in [-0.25, -0.2) is 0 Å². The van der Waals surface area contributed by atoms with E-state index in [0.717, 1.165) is 21.4 Å². The van der Waals surface area contributed by atoms with Crippen LogP contribution in [0.25, 0.3) is 9.88 Å². The largest absolute Gasteiger partial charge is 0.306 e. The molecule has 86 valence electrons. The van der Waals surface area contributed by atoms with Gasteiger partial charge in [-0.15, -0.1) is 21.5 Å². The molecule has 2 aromatic rings. The summed E-state index contributed by atoms with van der Waals surface area (Å²) in [5.41, 5.74) is 1.92. The minimum atomic E-state index is 0.107. The summed E-state index contributed by atoms with van der Waals surface area (Å²) < 4.78 is 0. The Balaban J connectivity index is 2.03. The molecular weight excluding hydrogens is 240 g/mol. The van der Waals surface area contributed by atoms with Gasteiger partial charge in [0.05, 0.1) is 16.9 Å². The third kappa shape index (κ3) is 3.07. The summed E-state index contributed by atoms with van der Waals surface area (Å²) in [6, 6.07) is 0. The average molecular weight is 254 g/mol. The zero-order chi connectivity index (χ0) is 11.6. The zero-order valence-corrected chi connectivity index (χ0v) is 11.2. The van der Waals surface area contributed by atoms with E-state index in [2.05, 4.69) is 41.3 Å². The Kier molecular flexibility index (Phi) is 3.32. The number of hydrogen-bond acceptors (Lipinski definition) is 6. The van der Waals surface area contributed by atoms with Crippen LogP contribution in [0.1, 0.15) is 25.8 Å². The molecule has 16 heavy (non-hydrogen) atoms. The van der Waals surface area contributed by atoms with Crippen LogP contribution in [0.2, 0.25) is 0 Å². The van der Waals surface area contributed by atoms with Crippen molar-refractivity contribution in [3.63, 3.8) is 0 Å². The fourth-order valence-corrected chi connectivity index (χ4v) is 2.54. The molecule has 0 bridgehead atoms. The first-order valence-corrected chi connectivity index (χ1v) is 6.70. The molecule has 0 saturated heterocycles. The molecule has 0 saturated carbocycles. The van der Waals surface area contributed by atoms with Crippen LogP contribution in [-0.4, -0.2) is 20.7 Å². The van der Waals surface area contributed by atoms with Crippen LogP contribution >= 0.6 is 22.7 Å². The standard InChI is InChI=1S/C10H14N4S2/c1-10(2,3)12-5-8-13-14-9(16-8)7-4-11-6-15-7/h4,6,12H,5H2,1-3H3. The highest BCUT2D eigenvalue weighted by molar-refractivity contribution is 7.20. The van der Waals surface area contributed by atoms with Crippen molar-refractivity contribution in [2.75, 3.05) is 0 Å². The third-order valence-electron chi connectivity index (χ3n) is 1.88. The number of thiazole rings is 1. The molecule has 0 amide bonds. The molecule has 0 radical (unpaired) electrons. The number of hydrogen-bond donors (Lipinski definition) is 1. The SMILES string of the molecule is CC(C)(C)NCc1nnc(-c2cncs2)s1. The molecule has 2 aromatic heterocycles. The fourth-order valence-electron chi connectivity index (χ4n) is 1.09. The monoisotopic (exact) mass is 254 g/mol. The van der Waals surface area contributed by atoms with E-state index in [1.807, 2.05) is 11.7 Å². The Bertz CT molecular complexity index is 442. The molecule has 0 atom stereocenters. The summed E-state index contributed by atoms with van der Waals surface area (Å²) in [6.07, 6.45) is 1.83. The van der Waals surface area contributed by atoms with Gasteiger partial charge in [0.15, 0.2) is 5.01 Å². The van der Waals surface area contributed by atoms with E-state index in [1.165, 1.54) is 0 Å². The summed E-state index contributed by atoms with van der Waals surface area (Å²) in [5, 5.41) is 13.7. The predicted molar refractivity (Wildman–Crippen MR) is 67.6 cm³/mol. The summed E-state index contributed by atoms with van der Waals surface area (Å²) in [5.74, 6) is 0. The first-order valence-electron chi connectivity index (χ1n) is 5.01. The molecule has 0 aliphatic heterocycles. The lowest BCUT2D eigenvalue weighted by Gasteiger charge is -2.19. The van der Waals surface area contributed by atoms with Crippen LogP contribution in [0.4, 0.5) is 0 Å². The normalized spacial score (nSPS) is 11.9. The molecule has 0 aromatic carbocycles. The van der Waals surface area contributed by atoms with E-state index in [1.54, 1.807) is 22.7 Å². The second kappa shape index (κ2) is 4.57. The maximum Gasteiger partial charge on any atom is 0.159 e. The molecule has 0 fully saturated rings. The van der Waals surface area contributed by atoms with Gasteiger partial charge in [-0.1, -0.05) is 11.3 Å². The minimum Gasteiger partial charge on any atom is -0.306 e. The van der Waals surface area contributed by atoms with Crippen LogP contribution in [-0.2, 0) is 6.54 Å². The maximum atomic E-state index is 4.16. The number of aromatic nitrogens is 3. The van der Waals surface area contributed by atoms with Gasteiger partial charge >= 0.3 is 0 Å². The van der Waals surface area contributed by atoms with Crippen molar-refractivity contribution in [2.24, 2.45) is 0 Å². The lowest BCUT2D eigenvalue weighted by Crippen LogP contribution is -2.35. The zero-order valence-electron chi connectivity index (χ0n) is 9.52. The fraction of sp³-hybridized carbons (Fsp3) is 0.500. The van der Waals surface area contributed by atoms with Gasteiger partial charge in [0.25, 0.3) is 0 Å². The Hall–Kier alpha value is -0.850. The lowest BCUT2D eigenvalue weighted by molar-refractivity contribution is 0.423. The number of nitrogens with one attached hydrogen (secondary N) is 1. The van der Waals surface area contributed by atoms with Crippen molar-refractivity contribution in [3.8, 4) is 9.88 Å². The van der Waals surface area contributed by atoms with Gasteiger partial charge in [0.1, 0.15) is 5.01 Å². The second-order valence-electron chi connectivity index (χ2n) is 4.47. The smallest absolute Gasteiger partial charge is 0.159 e. The van der Waals surface area contributed by atoms with E-state index in [9.17, 15) is 0 Å². The molecule has 6 heteroatoms. The Morgan fingerprint density at radius 1 is 1.31 bits per heavy atom. The summed E-state index contributed by atoms with van der Waals surface area (Å²) in [7, 11) is 0. The third-order valence-corrected chi connectivity index (χ3v) is 3.75. The lowest BCUT2D eigenvalue weighted by atomic mass is 10.1. The van der Waals surface area contributed by atoms with Crippen LogP contribution in [0.3, 0.4) is 0 Å². The molecule has 0 aliphatic carbocycles. The Morgan fingerprint density at radius 3 is 2.75 bits per heavy atom. The van der Waals surface area contributed by atoms with E-state index < -0.39 is 0 Å². The van der Waals surface area contributed by atoms with Crippen molar-refractivity contribution in [1.82, 2.24) is 20.5 Å². The molecule has 2 rings (SSSR count). The van der Waals surface area contributed by atoms with Crippen LogP contribution in [0.15, 0.2) is 11.7 Å². The molecule has 0 aliphatic rings. The number of nitrogens with zero attached hydrogens (tertiary/aromatic N) is 3. The van der Waals surface area contributed by atoms with E-state index in [-0.39, 0.29) is 5.54 Å². The highest BCUT2D eigenvalue weighted by Gasteiger charge is 2.12. The molecule has 1 N–H and O–H groups in total. The first-order chi connectivity index (χ1) is 7.54. The van der Waals surface area contributed by atoms with Crippen LogP contribution < -0.4 is 5.32 Å². The summed E-state index contributed by atoms with van der Waals surface area (Å²) >= 11 is 3.21. The van der Waals surface area contributed by atoms with Gasteiger partial charge in [-0.05, 0) is 20.8 Å². The van der Waals surface area contributed by atoms with Gasteiger partial charge in [0.2, 0.25) is 0 Å². The summed E-state index contributed by atoms with van der Waals surface area (Å²) in [4.78, 5) is 5.12. The maximum absolute atomic E-state index is 4.16. The van der Waals surface area contributed by atoms with Gasteiger partial charge < -0.3 is 5.32 Å². The molecular formula is C10H14N4S2. The highest BCUT2D eigenvalue weighted by Crippen LogP contribution is 2.26. The second-order valence-corrected chi connectivity index (χ2v) is 6.42. The average Bonchev–Trinajstić information content (AvgIpc) is 2.84. The first kappa shape index (κ1) is 11.6. The topological polar surface area (TPSA) is 50.7 Å². The Labute approximate surface area is 103 Å². The Morgan fingerprint density at radius 2 is 2.12 bits per heavy atom. The van der Waals surface area contributed by atoms with Gasteiger partial charge in [0, 0.05) is 11.7 Å². The van der Waals surface area contributed by atoms with Crippen molar-refractivity contribution < 1.29 is 0 Å². The number of rotatable bonds is 3. The van der Waals surface area contributed by atoms with Crippen molar-refractivity contribution in [3.05, 3.63) is 16.7 Å². The molecule has 4 nitrogen and oxygen atoms in total. The highest BCUT2D eigenvalue weighted by atomic mass is 32.1. The quantitative estimate of drug-likeness (QED) is 0.914. The predicted octanol–water partition coefficient (Wildman–Crippen LogP) is 2.55. The summed E-state index contributed by atoms with van der Waals surface area (Å²) in [6.45, 7) is 7.17. The van der Waals surface area contributed by atoms with Gasteiger partial charge in [-0.2, -0.15) is 0 Å². The molecule has 0 unspecified atom stereocenters. The van der Waals surface area contributed by atoms with E-state index in [0.29, 0.717) is 0 Å². The van der Waals surface area contributed by atoms with Crippen LogP contribution in [0, 0.1) is 0 Å². The van der Waals surface area contributed by atoms with E-state index in [4.69, 9.17) is 0 Å². The van der Waals surface area contributed by atoms with Crippen LogP contribution in [0.5, 0.6) is 0 Å². The van der Waals surface area contributed by atoms with Crippen molar-refractivity contribution >= 4 is 22.7 Å². The van der Waals surface area contributed by atoms with Crippen molar-refractivity contribution in [1.29, 1.82) is 0 Å². The van der Waals surface area contributed by atoms with E-state index >= 15 is 0 Å². The molecule has 0 spiro atoms. The molecule has 2 heterocycles. The van der Waals surface area contributed by atoms with Gasteiger partial charge in [-0.3, -0.25) is 4.98 Å². The van der Waals surface area contributed by atoms with Crippen molar-refractivity contribution in [2.45, 2.75) is 32.9 Å². The minimum absolute atomic E-state index is 0.107.